The number of aliphatic hydroxyl groups excluding tert-OH is 1. The summed E-state index contributed by atoms with van der Waals surface area (Å²) in [6.07, 6.45) is 1.66. The van der Waals surface area contributed by atoms with Crippen LogP contribution in [0.4, 0.5) is 0 Å². The molecule has 0 aliphatic heterocycles. The van der Waals surface area contributed by atoms with Gasteiger partial charge in [-0.05, 0) is 89.3 Å². The van der Waals surface area contributed by atoms with Gasteiger partial charge in [-0.2, -0.15) is 8.42 Å². The second kappa shape index (κ2) is 35.1. The number of ether oxygens (including phenoxy) is 2. The predicted octanol–water partition coefficient (Wildman–Crippen LogP) is 10.3. The summed E-state index contributed by atoms with van der Waals surface area (Å²) < 4.78 is 59.6. The van der Waals surface area contributed by atoms with E-state index in [9.17, 15) is 16.8 Å². The molecule has 4 rings (SSSR count). The van der Waals surface area contributed by atoms with Crippen LogP contribution in [0.2, 0.25) is 0 Å². The molecule has 0 saturated heterocycles. The van der Waals surface area contributed by atoms with E-state index in [1.165, 1.54) is 30.4 Å². The van der Waals surface area contributed by atoms with Gasteiger partial charge in [0.05, 0.1) is 36.7 Å². The van der Waals surface area contributed by atoms with Gasteiger partial charge in [-0.3, -0.25) is 4.18 Å². The quantitative estimate of drug-likeness (QED) is 0.0160. The largest absolute Gasteiger partial charge is 0.493 e. The first kappa shape index (κ1) is 55.3. The third-order valence-electron chi connectivity index (χ3n) is 7.60. The van der Waals surface area contributed by atoms with Gasteiger partial charge in [-0.1, -0.05) is 91.7 Å². The summed E-state index contributed by atoms with van der Waals surface area (Å²) in [7, 11) is -2.14. The summed E-state index contributed by atoms with van der Waals surface area (Å²) in [5.41, 5.74) is 15.9. The van der Waals surface area contributed by atoms with E-state index < -0.39 is 19.2 Å². The van der Waals surface area contributed by atoms with Crippen molar-refractivity contribution in [2.24, 2.45) is 10.2 Å². The number of rotatable bonds is 21. The van der Waals surface area contributed by atoms with Crippen LogP contribution in [0.1, 0.15) is 46.5 Å². The average Bonchev–Trinajstić information content (AvgIpc) is 3.22. The van der Waals surface area contributed by atoms with Gasteiger partial charge in [0.25, 0.3) is 10.1 Å². The Balaban J connectivity index is 0.000000819. The van der Waals surface area contributed by atoms with Crippen molar-refractivity contribution in [1.29, 1.82) is 0 Å². The lowest BCUT2D eigenvalue weighted by molar-refractivity contribution is 0.233. The molecule has 4 aromatic rings. The minimum Gasteiger partial charge on any atom is -0.493 e. The summed E-state index contributed by atoms with van der Waals surface area (Å²) in [5, 5.41) is 19.9. The van der Waals surface area contributed by atoms with Crippen molar-refractivity contribution >= 4 is 74.6 Å². The van der Waals surface area contributed by atoms with Crippen molar-refractivity contribution in [3.8, 4) is 11.5 Å². The van der Waals surface area contributed by atoms with Crippen LogP contribution >= 0.6 is 33.9 Å². The number of aliphatic hydroxyl groups is 1. The second-order valence-corrected chi connectivity index (χ2v) is 17.3. The molecule has 0 radical (unpaired) electrons. The van der Waals surface area contributed by atoms with Crippen LogP contribution < -0.4 is 9.47 Å². The molecule has 0 aromatic heterocycles. The van der Waals surface area contributed by atoms with E-state index in [4.69, 9.17) is 63.7 Å². The highest BCUT2D eigenvalue weighted by Crippen LogP contribution is 2.21. The SMILES string of the molecule is CCN(CC)CC.ClCCl.OCCCOc1ccc2ccccc2c1.[N-]=[N+]=NCCCS(=O)(=O)Cl.[N-]=[N+]=NCCCS(=O)(=O)OCCCOc1ccc2ccccc2c1. The predicted molar refractivity (Wildman–Crippen MR) is 242 cm³/mol. The van der Waals surface area contributed by atoms with Crippen LogP contribution in [0.25, 0.3) is 42.4 Å². The monoisotopic (exact) mass is 919 g/mol. The Bertz CT molecular complexity index is 2030. The van der Waals surface area contributed by atoms with Crippen molar-refractivity contribution in [2.45, 2.75) is 46.5 Å². The molecule has 0 fully saturated rings. The van der Waals surface area contributed by atoms with Gasteiger partial charge >= 0.3 is 0 Å². The van der Waals surface area contributed by atoms with Crippen LogP contribution in [0.5, 0.6) is 11.5 Å². The van der Waals surface area contributed by atoms with Gasteiger partial charge in [0.1, 0.15) is 11.5 Å². The third-order valence-corrected chi connectivity index (χ3v) is 10.2. The van der Waals surface area contributed by atoms with Crippen molar-refractivity contribution in [3.63, 3.8) is 0 Å². The van der Waals surface area contributed by atoms with E-state index in [2.05, 4.69) is 57.9 Å². The Morgan fingerprint density at radius 3 is 1.46 bits per heavy atom. The van der Waals surface area contributed by atoms with Crippen LogP contribution in [-0.4, -0.2) is 103 Å². The molecule has 0 spiro atoms. The molecule has 328 valence electrons. The normalized spacial score (nSPS) is 10.5. The number of alkyl halides is 2. The molecule has 0 aliphatic carbocycles. The molecular formula is C39H56Cl3N7O8S2. The Hall–Kier alpha value is -3.73. The molecule has 0 atom stereocenters. The molecule has 0 amide bonds. The van der Waals surface area contributed by atoms with Crippen LogP contribution in [0.15, 0.2) is 95.2 Å². The van der Waals surface area contributed by atoms with E-state index in [1.54, 1.807) is 0 Å². The maximum absolute atomic E-state index is 11.6. The average molecular weight is 921 g/mol. The van der Waals surface area contributed by atoms with Crippen molar-refractivity contribution < 1.29 is 35.6 Å². The third kappa shape index (κ3) is 30.0. The molecule has 1 N–H and O–H groups in total. The van der Waals surface area contributed by atoms with Crippen molar-refractivity contribution in [2.75, 3.05) is 76.0 Å². The van der Waals surface area contributed by atoms with Gasteiger partial charge in [-0.15, -0.1) is 23.2 Å². The maximum atomic E-state index is 11.6. The van der Waals surface area contributed by atoms with Crippen molar-refractivity contribution in [1.82, 2.24) is 4.90 Å². The van der Waals surface area contributed by atoms with E-state index in [-0.39, 0.29) is 56.0 Å². The van der Waals surface area contributed by atoms with Gasteiger partial charge in [0, 0.05) is 53.0 Å². The Labute approximate surface area is 363 Å². The number of hydrogen-bond acceptors (Lipinski definition) is 11. The van der Waals surface area contributed by atoms with E-state index >= 15 is 0 Å². The first-order valence-electron chi connectivity index (χ1n) is 18.8. The zero-order valence-electron chi connectivity index (χ0n) is 33.8. The highest BCUT2D eigenvalue weighted by Gasteiger charge is 2.10. The minimum absolute atomic E-state index is 0.0669. The Morgan fingerprint density at radius 2 is 1.07 bits per heavy atom. The molecule has 0 aliphatic rings. The molecule has 4 aromatic carbocycles. The molecule has 15 nitrogen and oxygen atoms in total. The number of azide groups is 2. The fraction of sp³-hybridized carbons (Fsp3) is 0.487. The van der Waals surface area contributed by atoms with E-state index in [1.807, 2.05) is 72.8 Å². The zero-order valence-corrected chi connectivity index (χ0v) is 37.7. The fourth-order valence-electron chi connectivity index (χ4n) is 4.64. The highest BCUT2D eigenvalue weighted by atomic mass is 35.7. The molecule has 20 heteroatoms. The van der Waals surface area contributed by atoms with Crippen molar-refractivity contribution in [3.05, 3.63) is 106 Å². The molecule has 0 heterocycles. The first-order valence-corrected chi connectivity index (χ1v) is 23.9. The number of halogens is 3. The van der Waals surface area contributed by atoms with Crippen LogP contribution in [0, 0.1) is 0 Å². The number of hydrogen-bond donors (Lipinski definition) is 1. The van der Waals surface area contributed by atoms with Crippen LogP contribution in [0.3, 0.4) is 0 Å². The lowest BCUT2D eigenvalue weighted by Crippen LogP contribution is -2.21. The maximum Gasteiger partial charge on any atom is 0.267 e. The standard InChI is InChI=1S/C16H19N3O4S.C13H14O2.C6H15N.C3H6ClN3O2S.CH2Cl2/c17-19-18-9-3-12-24(20,21)23-11-4-10-22-16-8-7-14-5-1-2-6-15(14)13-16;14-8-3-9-15-13-7-6-11-4-1-2-5-12(11)10-13;1-4-7(5-2)6-3;4-10(8,9)3-1-2-6-7-5;2-1-3/h1-2,5-8,13H,3-4,9-12H2;1-2,4-7,10,14H,3,8-9H2;4-6H2,1-3H3;1-3H2;1H2. The van der Waals surface area contributed by atoms with Gasteiger partial charge in [-0.25, -0.2) is 8.42 Å². The van der Waals surface area contributed by atoms with E-state index in [0.717, 1.165) is 22.3 Å². The lowest BCUT2D eigenvalue weighted by atomic mass is 10.1. The molecule has 0 unspecified atom stereocenters. The van der Waals surface area contributed by atoms with Gasteiger partial charge in [0.2, 0.25) is 9.05 Å². The number of nitrogens with zero attached hydrogens (tertiary/aromatic N) is 7. The number of benzene rings is 4. The molecular weight excluding hydrogens is 865 g/mol. The van der Waals surface area contributed by atoms with Gasteiger partial charge < -0.3 is 19.5 Å². The number of fused-ring (bicyclic) bond motifs is 2. The fourth-order valence-corrected chi connectivity index (χ4v) is 6.42. The Kier molecular flexibility index (Phi) is 32.8. The Morgan fingerprint density at radius 1 is 0.644 bits per heavy atom. The molecule has 0 saturated carbocycles. The summed E-state index contributed by atoms with van der Waals surface area (Å²) in [4.78, 5) is 7.38. The first-order chi connectivity index (χ1) is 28.3. The van der Waals surface area contributed by atoms with E-state index in [0.29, 0.717) is 26.1 Å². The zero-order chi connectivity index (χ0) is 44.2. The summed E-state index contributed by atoms with van der Waals surface area (Å²) in [6, 6.07) is 28.0. The van der Waals surface area contributed by atoms with Crippen LogP contribution in [-0.2, 0) is 23.4 Å². The smallest absolute Gasteiger partial charge is 0.267 e. The minimum atomic E-state index is -3.57. The second-order valence-electron chi connectivity index (χ2n) is 11.8. The molecule has 0 bridgehead atoms. The summed E-state index contributed by atoms with van der Waals surface area (Å²) in [6.45, 7) is 11.6. The summed E-state index contributed by atoms with van der Waals surface area (Å²) in [5.74, 6) is 1.30. The highest BCUT2D eigenvalue weighted by molar-refractivity contribution is 8.13. The topological polar surface area (TPSA) is 217 Å². The van der Waals surface area contributed by atoms with Gasteiger partial charge in [0.15, 0.2) is 0 Å². The molecule has 59 heavy (non-hydrogen) atoms. The lowest BCUT2D eigenvalue weighted by Gasteiger charge is -2.13. The summed E-state index contributed by atoms with van der Waals surface area (Å²) >= 11 is 9.53.